The molecule has 1 atom stereocenters. The molecule has 6 nitrogen and oxygen atoms in total. The molecule has 2 amide bonds. The normalized spacial score (nSPS) is 11.2. The molecule has 178 valence electrons. The number of anilines is 2. The Balaban J connectivity index is 0.00000408. The van der Waals surface area contributed by atoms with Crippen molar-refractivity contribution in [2.75, 3.05) is 16.4 Å². The minimum atomic E-state index is -0.802. The van der Waals surface area contributed by atoms with E-state index in [0.29, 0.717) is 32.5 Å². The van der Waals surface area contributed by atoms with Crippen LogP contribution in [-0.2, 0) is 16.0 Å². The highest BCUT2D eigenvalue weighted by molar-refractivity contribution is 7.80. The fourth-order valence-corrected chi connectivity index (χ4v) is 3.59. The van der Waals surface area contributed by atoms with Crippen molar-refractivity contribution in [1.82, 2.24) is 0 Å². The van der Waals surface area contributed by atoms with Crippen LogP contribution >= 0.6 is 48.2 Å². The van der Waals surface area contributed by atoms with Crippen LogP contribution in [0.25, 0.3) is 0 Å². The maximum Gasteiger partial charge on any atom is 0.242 e. The van der Waals surface area contributed by atoms with Gasteiger partial charge < -0.3 is 16.4 Å². The van der Waals surface area contributed by atoms with E-state index in [1.165, 1.54) is 6.07 Å². The Kier molecular flexibility index (Phi) is 10.4. The number of hydrogen-bond acceptors (Lipinski definition) is 5. The summed E-state index contributed by atoms with van der Waals surface area (Å²) in [5.74, 6) is -0.964. The highest BCUT2D eigenvalue weighted by Gasteiger charge is 2.19. The summed E-state index contributed by atoms with van der Waals surface area (Å²) in [5, 5.41) is 6.07. The van der Waals surface area contributed by atoms with Gasteiger partial charge in [-0.05, 0) is 29.8 Å². The van der Waals surface area contributed by atoms with E-state index >= 15 is 0 Å². The summed E-state index contributed by atoms with van der Waals surface area (Å²) in [6.45, 7) is 0. The molecule has 0 spiro atoms. The maximum atomic E-state index is 13.2. The molecule has 0 aliphatic carbocycles. The van der Waals surface area contributed by atoms with E-state index in [9.17, 15) is 14.4 Å². The number of rotatable bonds is 8. The van der Waals surface area contributed by atoms with Gasteiger partial charge in [0.05, 0.1) is 28.2 Å². The lowest BCUT2D eigenvalue weighted by Crippen LogP contribution is -2.37. The van der Waals surface area contributed by atoms with Crippen LogP contribution in [0.1, 0.15) is 21.5 Å². The summed E-state index contributed by atoms with van der Waals surface area (Å²) in [7, 11) is 0. The van der Waals surface area contributed by atoms with Gasteiger partial charge in [-0.2, -0.15) is 12.6 Å². The zero-order chi connectivity index (χ0) is 24.0. The van der Waals surface area contributed by atoms with Gasteiger partial charge in [-0.15, -0.1) is 12.4 Å². The number of nitrogens with one attached hydrogen (secondary N) is 2. The van der Waals surface area contributed by atoms with Crippen molar-refractivity contribution in [3.8, 4) is 0 Å². The molecular weight excluding hydrogens is 517 g/mol. The van der Waals surface area contributed by atoms with Gasteiger partial charge in [0.1, 0.15) is 0 Å². The third kappa shape index (κ3) is 6.98. The van der Waals surface area contributed by atoms with Gasteiger partial charge in [-0.3, -0.25) is 14.4 Å². The van der Waals surface area contributed by atoms with E-state index in [1.54, 1.807) is 60.7 Å². The minimum Gasteiger partial charge on any atom is -0.325 e. The number of halogens is 3. The Morgan fingerprint density at radius 1 is 0.941 bits per heavy atom. The van der Waals surface area contributed by atoms with Gasteiger partial charge in [0, 0.05) is 22.6 Å². The first-order valence-electron chi connectivity index (χ1n) is 9.94. The molecule has 3 aromatic carbocycles. The highest BCUT2D eigenvalue weighted by atomic mass is 35.5. The van der Waals surface area contributed by atoms with Crippen molar-refractivity contribution in [2.45, 2.75) is 12.5 Å². The van der Waals surface area contributed by atoms with Crippen LogP contribution in [0.3, 0.4) is 0 Å². The minimum absolute atomic E-state index is 0. The number of hydrogen-bond donors (Lipinski definition) is 4. The number of carbonyl (C=O) groups excluding carboxylic acids is 3. The Morgan fingerprint density at radius 2 is 1.65 bits per heavy atom. The first kappa shape index (κ1) is 27.7. The van der Waals surface area contributed by atoms with E-state index in [0.717, 1.165) is 0 Å². The zero-order valence-electron chi connectivity index (χ0n) is 17.8. The molecule has 0 heterocycles. The second-order valence-electron chi connectivity index (χ2n) is 7.17. The number of ketones is 1. The number of nitrogens with two attached hydrogens (primary N) is 1. The summed E-state index contributed by atoms with van der Waals surface area (Å²) >= 11 is 16.2. The SMILES string of the molecule is Cl.N[C@@H](CS)C(=O)Nc1ccc(NC(=O)Cc2cccc(Cl)c2Cl)c(C(=O)c2ccccc2)c1. The predicted molar refractivity (Wildman–Crippen MR) is 143 cm³/mol. The fraction of sp³-hybridized carbons (Fsp3) is 0.125. The molecule has 10 heteroatoms. The molecular formula is C24H22Cl3N3O3S. The average Bonchev–Trinajstić information content (AvgIpc) is 2.82. The van der Waals surface area contributed by atoms with Crippen LogP contribution in [0.4, 0.5) is 11.4 Å². The largest absolute Gasteiger partial charge is 0.325 e. The van der Waals surface area contributed by atoms with Crippen molar-refractivity contribution in [3.63, 3.8) is 0 Å². The van der Waals surface area contributed by atoms with Gasteiger partial charge in [0.15, 0.2) is 5.78 Å². The van der Waals surface area contributed by atoms with E-state index in [-0.39, 0.29) is 41.8 Å². The fourth-order valence-electron chi connectivity index (χ4n) is 3.03. The lowest BCUT2D eigenvalue weighted by Gasteiger charge is -2.15. The molecule has 0 saturated heterocycles. The lowest BCUT2D eigenvalue weighted by atomic mass is 10.0. The van der Waals surface area contributed by atoms with Gasteiger partial charge in [-0.25, -0.2) is 0 Å². The summed E-state index contributed by atoms with van der Waals surface area (Å²) in [6.07, 6.45) is -0.0341. The second kappa shape index (κ2) is 12.8. The van der Waals surface area contributed by atoms with Crippen molar-refractivity contribution in [2.24, 2.45) is 5.73 Å². The average molecular weight is 539 g/mol. The van der Waals surface area contributed by atoms with Gasteiger partial charge in [0.2, 0.25) is 11.8 Å². The van der Waals surface area contributed by atoms with Crippen LogP contribution in [0.15, 0.2) is 66.7 Å². The van der Waals surface area contributed by atoms with Crippen LogP contribution < -0.4 is 16.4 Å². The second-order valence-corrected chi connectivity index (χ2v) is 8.32. The van der Waals surface area contributed by atoms with Crippen LogP contribution in [0.5, 0.6) is 0 Å². The van der Waals surface area contributed by atoms with Gasteiger partial charge in [-0.1, -0.05) is 65.7 Å². The monoisotopic (exact) mass is 537 g/mol. The van der Waals surface area contributed by atoms with Crippen molar-refractivity contribution in [3.05, 3.63) is 93.5 Å². The molecule has 34 heavy (non-hydrogen) atoms. The lowest BCUT2D eigenvalue weighted by molar-refractivity contribution is -0.117. The highest BCUT2D eigenvalue weighted by Crippen LogP contribution is 2.27. The Bertz CT molecular complexity index is 1190. The van der Waals surface area contributed by atoms with Crippen molar-refractivity contribution < 1.29 is 14.4 Å². The molecule has 4 N–H and O–H groups in total. The number of benzene rings is 3. The van der Waals surface area contributed by atoms with Gasteiger partial charge >= 0.3 is 0 Å². The number of thiol groups is 1. The Morgan fingerprint density at radius 3 is 2.32 bits per heavy atom. The summed E-state index contributed by atoms with van der Waals surface area (Å²) < 4.78 is 0. The van der Waals surface area contributed by atoms with E-state index in [2.05, 4.69) is 23.3 Å². The smallest absolute Gasteiger partial charge is 0.242 e. The predicted octanol–water partition coefficient (Wildman–Crippen LogP) is 5.02. The van der Waals surface area contributed by atoms with Crippen LogP contribution in [0, 0.1) is 0 Å². The number of amides is 2. The van der Waals surface area contributed by atoms with Crippen LogP contribution in [0.2, 0.25) is 10.0 Å². The summed E-state index contributed by atoms with van der Waals surface area (Å²) in [6, 6.07) is 17.5. The first-order valence-corrected chi connectivity index (χ1v) is 11.3. The molecule has 0 radical (unpaired) electrons. The molecule has 0 saturated carbocycles. The summed E-state index contributed by atoms with van der Waals surface area (Å²) in [5.41, 5.74) is 7.58. The van der Waals surface area contributed by atoms with Crippen molar-refractivity contribution in [1.29, 1.82) is 0 Å². The molecule has 0 unspecified atom stereocenters. The summed E-state index contributed by atoms with van der Waals surface area (Å²) in [4.78, 5) is 38.1. The molecule has 0 aromatic heterocycles. The van der Waals surface area contributed by atoms with Crippen molar-refractivity contribution >= 4 is 77.2 Å². The third-order valence-electron chi connectivity index (χ3n) is 4.76. The number of carbonyl (C=O) groups is 3. The van der Waals surface area contributed by atoms with Gasteiger partial charge in [0.25, 0.3) is 0 Å². The van der Waals surface area contributed by atoms with E-state index < -0.39 is 11.9 Å². The van der Waals surface area contributed by atoms with E-state index in [1.807, 2.05) is 0 Å². The molecule has 0 aliphatic rings. The quantitative estimate of drug-likeness (QED) is 0.239. The topological polar surface area (TPSA) is 101 Å². The molecule has 0 fully saturated rings. The first-order chi connectivity index (χ1) is 15.8. The zero-order valence-corrected chi connectivity index (χ0v) is 21.0. The molecule has 3 rings (SSSR count). The molecule has 3 aromatic rings. The standard InChI is InChI=1S/C24H21Cl2N3O3S.ClH/c25-18-8-4-7-15(22(18)26)11-21(30)29-20-10-9-16(28-24(32)19(27)13-33)12-17(20)23(31)14-5-2-1-3-6-14;/h1-10,12,19,33H,11,13,27H2,(H,28,32)(H,29,30);1H/t19-;/m0./s1. The molecule has 0 bridgehead atoms. The van der Waals surface area contributed by atoms with Crippen LogP contribution in [-0.4, -0.2) is 29.4 Å². The Hall–Kier alpha value is -2.55. The third-order valence-corrected chi connectivity index (χ3v) is 6.01. The maximum absolute atomic E-state index is 13.2. The molecule has 0 aliphatic heterocycles. The van der Waals surface area contributed by atoms with E-state index in [4.69, 9.17) is 28.9 Å². The Labute approximate surface area is 219 Å².